The average Bonchev–Trinajstić information content (AvgIpc) is 3.87. The fraction of sp³-hybridized carbons (Fsp3) is 0.394. The number of pyridine rings is 1. The van der Waals surface area contributed by atoms with Crippen molar-refractivity contribution in [1.29, 1.82) is 0 Å². The third kappa shape index (κ3) is 8.24. The minimum atomic E-state index is -1.33. The second kappa shape index (κ2) is 14.7. The molecular formula is C33H38BrF2N7O4. The van der Waals surface area contributed by atoms with E-state index >= 15 is 4.39 Å². The molecule has 3 aromatic rings. The van der Waals surface area contributed by atoms with Gasteiger partial charge in [0.25, 0.3) is 0 Å². The molecule has 1 aromatic heterocycles. The molecule has 0 spiro atoms. The first kappa shape index (κ1) is 34.2. The maximum Gasteiger partial charge on any atom is 0.323 e. The number of nitrogens with one attached hydrogen (secondary N) is 3. The molecule has 250 valence electrons. The van der Waals surface area contributed by atoms with Crippen LogP contribution in [-0.2, 0) is 9.59 Å². The average molecular weight is 715 g/mol. The largest absolute Gasteiger partial charge is 0.457 e. The maximum absolute atomic E-state index is 15.0. The lowest BCUT2D eigenvalue weighted by atomic mass is 10.0. The fourth-order valence-electron chi connectivity index (χ4n) is 5.86. The van der Waals surface area contributed by atoms with Crippen LogP contribution >= 0.6 is 17.0 Å². The number of amides is 4. The fourth-order valence-corrected chi connectivity index (χ4v) is 5.86. The summed E-state index contributed by atoms with van der Waals surface area (Å²) in [6, 6.07) is 12.6. The van der Waals surface area contributed by atoms with Crippen LogP contribution in [0.4, 0.5) is 30.8 Å². The Kier molecular flexibility index (Phi) is 10.7. The van der Waals surface area contributed by atoms with Gasteiger partial charge in [0, 0.05) is 69.3 Å². The van der Waals surface area contributed by atoms with E-state index in [1.54, 1.807) is 17.0 Å². The first-order valence-corrected chi connectivity index (χ1v) is 15.5. The smallest absolute Gasteiger partial charge is 0.323 e. The first-order valence-electron chi connectivity index (χ1n) is 15.5. The van der Waals surface area contributed by atoms with Crippen LogP contribution in [0.15, 0.2) is 60.8 Å². The number of benzene rings is 2. The van der Waals surface area contributed by atoms with Gasteiger partial charge in [0.2, 0.25) is 11.8 Å². The molecule has 2 aliphatic heterocycles. The van der Waals surface area contributed by atoms with Crippen molar-refractivity contribution in [2.75, 3.05) is 62.3 Å². The standard InChI is InChI=1S/C33H37F2N7O4.BrH/c1-40-16-18-41(19-17-40)24-9-14-42(15-10-24)32(45)39-29-21-26(8-13-36-29)46-25-6-7-28(27(35)20-25)38-31(44)33(11-12-33)30(43)37-23-4-2-22(34)3-5-23;/h2-8,13,20-21,24H,9-12,14-19H2,1H3,(H,37,43)(H,38,44)(H,36,39,45);1H. The number of aromatic nitrogens is 1. The topological polar surface area (TPSA) is 119 Å². The van der Waals surface area contributed by atoms with Crippen LogP contribution in [0.1, 0.15) is 25.7 Å². The molecule has 47 heavy (non-hydrogen) atoms. The number of piperazine rings is 1. The lowest BCUT2D eigenvalue weighted by molar-refractivity contribution is -0.131. The van der Waals surface area contributed by atoms with E-state index in [2.05, 4.69) is 37.8 Å². The predicted molar refractivity (Wildman–Crippen MR) is 179 cm³/mol. The number of piperidine rings is 1. The van der Waals surface area contributed by atoms with Crippen LogP contribution in [0, 0.1) is 17.0 Å². The number of anilines is 3. The molecule has 1 aliphatic carbocycles. The Balaban J connectivity index is 0.00000433. The molecule has 3 fully saturated rings. The number of carbonyl (C=O) groups is 3. The molecule has 3 aliphatic rings. The highest BCUT2D eigenvalue weighted by molar-refractivity contribution is 8.93. The summed E-state index contributed by atoms with van der Waals surface area (Å²) in [5, 5.41) is 7.96. The molecule has 0 unspecified atom stereocenters. The lowest BCUT2D eigenvalue weighted by Crippen LogP contribution is -2.53. The van der Waals surface area contributed by atoms with Crippen LogP contribution < -0.4 is 20.7 Å². The number of urea groups is 1. The van der Waals surface area contributed by atoms with Crippen molar-refractivity contribution in [3.8, 4) is 11.5 Å². The molecule has 0 bridgehead atoms. The SMILES string of the molecule is Br.CN1CCN(C2CCN(C(=O)Nc3cc(Oc4ccc(NC(=O)C5(C(=O)Nc6ccc(F)cc6)CC5)c(F)c4)ccn3)CC2)CC1. The van der Waals surface area contributed by atoms with Gasteiger partial charge in [-0.05, 0) is 75.2 Å². The van der Waals surface area contributed by atoms with E-state index in [-0.39, 0.29) is 34.4 Å². The molecule has 14 heteroatoms. The molecule has 6 rings (SSSR count). The van der Waals surface area contributed by atoms with Crippen LogP contribution in [0.5, 0.6) is 11.5 Å². The van der Waals surface area contributed by atoms with Gasteiger partial charge in [-0.2, -0.15) is 0 Å². The van der Waals surface area contributed by atoms with E-state index in [1.807, 2.05) is 0 Å². The van der Waals surface area contributed by atoms with Gasteiger partial charge < -0.3 is 25.2 Å². The van der Waals surface area contributed by atoms with E-state index < -0.39 is 28.9 Å². The van der Waals surface area contributed by atoms with Crippen molar-refractivity contribution < 1.29 is 27.9 Å². The first-order chi connectivity index (χ1) is 22.2. The number of halogens is 3. The third-order valence-corrected chi connectivity index (χ3v) is 8.92. The summed E-state index contributed by atoms with van der Waals surface area (Å²) in [4.78, 5) is 49.6. The zero-order chi connectivity index (χ0) is 32.3. The van der Waals surface area contributed by atoms with E-state index in [4.69, 9.17) is 4.74 Å². The van der Waals surface area contributed by atoms with Gasteiger partial charge >= 0.3 is 6.03 Å². The number of rotatable bonds is 8. The van der Waals surface area contributed by atoms with E-state index in [9.17, 15) is 18.8 Å². The van der Waals surface area contributed by atoms with Crippen LogP contribution in [-0.4, -0.2) is 89.9 Å². The zero-order valence-electron chi connectivity index (χ0n) is 26.0. The molecule has 11 nitrogen and oxygen atoms in total. The van der Waals surface area contributed by atoms with Gasteiger partial charge in [-0.3, -0.25) is 19.8 Å². The van der Waals surface area contributed by atoms with Gasteiger partial charge in [0.1, 0.15) is 34.4 Å². The van der Waals surface area contributed by atoms with Gasteiger partial charge in [0.15, 0.2) is 0 Å². The summed E-state index contributed by atoms with van der Waals surface area (Å²) in [7, 11) is 2.14. The molecule has 3 N–H and O–H groups in total. The summed E-state index contributed by atoms with van der Waals surface area (Å²) < 4.78 is 34.0. The Morgan fingerprint density at radius 1 is 0.830 bits per heavy atom. The van der Waals surface area contributed by atoms with Gasteiger partial charge in [0.05, 0.1) is 5.69 Å². The second-order valence-electron chi connectivity index (χ2n) is 12.1. The van der Waals surface area contributed by atoms with Crippen molar-refractivity contribution in [3.05, 3.63) is 72.4 Å². The molecule has 1 saturated carbocycles. The van der Waals surface area contributed by atoms with Crippen molar-refractivity contribution in [2.24, 2.45) is 5.41 Å². The predicted octanol–water partition coefficient (Wildman–Crippen LogP) is 5.33. The highest BCUT2D eigenvalue weighted by atomic mass is 79.9. The monoisotopic (exact) mass is 713 g/mol. The van der Waals surface area contributed by atoms with Crippen LogP contribution in [0.2, 0.25) is 0 Å². The number of hydrogen-bond acceptors (Lipinski definition) is 7. The summed E-state index contributed by atoms with van der Waals surface area (Å²) in [5.74, 6) is -1.54. The number of likely N-dealkylation sites (N-methyl/N-ethyl adjacent to an activating group) is 1. The molecule has 4 amide bonds. The zero-order valence-corrected chi connectivity index (χ0v) is 27.7. The van der Waals surface area contributed by atoms with E-state index in [0.717, 1.165) is 45.1 Å². The maximum atomic E-state index is 15.0. The third-order valence-electron chi connectivity index (χ3n) is 8.92. The number of ether oxygens (including phenoxy) is 1. The number of hydrogen-bond donors (Lipinski definition) is 3. The number of carbonyl (C=O) groups excluding carboxylic acids is 3. The van der Waals surface area contributed by atoms with Crippen molar-refractivity contribution in [1.82, 2.24) is 19.7 Å². The molecule has 0 atom stereocenters. The minimum absolute atomic E-state index is 0. The number of nitrogens with zero attached hydrogens (tertiary/aromatic N) is 4. The molecular weight excluding hydrogens is 676 g/mol. The number of likely N-dealkylation sites (tertiary alicyclic amines) is 1. The summed E-state index contributed by atoms with van der Waals surface area (Å²) in [6.45, 7) is 5.60. The quantitative estimate of drug-likeness (QED) is 0.270. The lowest BCUT2D eigenvalue weighted by Gasteiger charge is -2.42. The van der Waals surface area contributed by atoms with Crippen LogP contribution in [0.25, 0.3) is 0 Å². The Morgan fingerprint density at radius 2 is 1.49 bits per heavy atom. The second-order valence-corrected chi connectivity index (χ2v) is 12.1. The van der Waals surface area contributed by atoms with E-state index in [1.165, 1.54) is 42.6 Å². The Bertz CT molecular complexity index is 1590. The normalized spacial score (nSPS) is 18.1. The summed E-state index contributed by atoms with van der Waals surface area (Å²) in [5.41, 5.74) is -1.07. The highest BCUT2D eigenvalue weighted by Gasteiger charge is 2.56. The van der Waals surface area contributed by atoms with Gasteiger partial charge in [-0.25, -0.2) is 18.6 Å². The Labute approximate surface area is 282 Å². The summed E-state index contributed by atoms with van der Waals surface area (Å²) in [6.07, 6.45) is 3.97. The molecule has 2 saturated heterocycles. The molecule has 2 aromatic carbocycles. The highest BCUT2D eigenvalue weighted by Crippen LogP contribution is 2.47. The van der Waals surface area contributed by atoms with Crippen molar-refractivity contribution in [3.63, 3.8) is 0 Å². The molecule has 3 heterocycles. The Hall–Kier alpha value is -4.14. The molecule has 0 radical (unpaired) electrons. The van der Waals surface area contributed by atoms with Crippen molar-refractivity contribution >= 4 is 52.0 Å². The van der Waals surface area contributed by atoms with Crippen LogP contribution in [0.3, 0.4) is 0 Å². The minimum Gasteiger partial charge on any atom is -0.457 e. The van der Waals surface area contributed by atoms with Gasteiger partial charge in [-0.1, -0.05) is 0 Å². The summed E-state index contributed by atoms with van der Waals surface area (Å²) >= 11 is 0. The van der Waals surface area contributed by atoms with E-state index in [0.29, 0.717) is 49.2 Å². The van der Waals surface area contributed by atoms with Gasteiger partial charge in [-0.15, -0.1) is 17.0 Å². The van der Waals surface area contributed by atoms with Crippen molar-refractivity contribution in [2.45, 2.75) is 31.7 Å². The Morgan fingerprint density at radius 3 is 2.15 bits per heavy atom.